The van der Waals surface area contributed by atoms with E-state index in [0.717, 1.165) is 16.0 Å². The van der Waals surface area contributed by atoms with Gasteiger partial charge in [0.15, 0.2) is 0 Å². The zero-order valence-corrected chi connectivity index (χ0v) is 11.4. The Hall–Kier alpha value is -2.57. The summed E-state index contributed by atoms with van der Waals surface area (Å²) in [5.41, 5.74) is 1.76. The molecule has 0 aliphatic carbocycles. The van der Waals surface area contributed by atoms with Crippen molar-refractivity contribution < 1.29 is 24.6 Å². The van der Waals surface area contributed by atoms with Crippen LogP contribution >= 0.6 is 0 Å². The van der Waals surface area contributed by atoms with Gasteiger partial charge in [-0.1, -0.05) is 24.3 Å². The number of carboxylic acid groups (broad SMARTS) is 2. The van der Waals surface area contributed by atoms with Gasteiger partial charge in [0, 0.05) is 13.0 Å². The number of benzene rings is 1. The lowest BCUT2D eigenvalue weighted by Gasteiger charge is -2.34. The van der Waals surface area contributed by atoms with E-state index >= 15 is 0 Å². The Bertz CT molecular complexity index is 586. The van der Waals surface area contributed by atoms with Crippen molar-refractivity contribution in [1.29, 1.82) is 0 Å². The van der Waals surface area contributed by atoms with E-state index in [2.05, 4.69) is 5.32 Å². The van der Waals surface area contributed by atoms with E-state index in [1.807, 2.05) is 24.3 Å². The van der Waals surface area contributed by atoms with Crippen molar-refractivity contribution in [2.24, 2.45) is 0 Å². The number of nitrogens with zero attached hydrogens (tertiary/aromatic N) is 1. The molecular formula is C14H16N2O5. The monoisotopic (exact) mass is 292 g/mol. The Labute approximate surface area is 121 Å². The van der Waals surface area contributed by atoms with Crippen molar-refractivity contribution >= 4 is 18.0 Å². The number of carboxylic acids is 2. The second kappa shape index (κ2) is 5.82. The first kappa shape index (κ1) is 14.8. The number of carbonyl (C=O) groups excluding carboxylic acids is 1. The summed E-state index contributed by atoms with van der Waals surface area (Å²) < 4.78 is 0. The quantitative estimate of drug-likeness (QED) is 0.759. The SMILES string of the molecule is C[C@@H](NC(=O)N1Cc2ccccc2C[C@@H]1C(=O)O)C(=O)O. The van der Waals surface area contributed by atoms with E-state index in [4.69, 9.17) is 5.11 Å². The second-order valence-electron chi connectivity index (χ2n) is 4.96. The number of nitrogens with one attached hydrogen (secondary N) is 1. The van der Waals surface area contributed by atoms with E-state index in [1.54, 1.807) is 0 Å². The fourth-order valence-electron chi connectivity index (χ4n) is 2.29. The second-order valence-corrected chi connectivity index (χ2v) is 4.96. The summed E-state index contributed by atoms with van der Waals surface area (Å²) in [5, 5.41) is 20.4. The molecule has 0 spiro atoms. The normalized spacial score (nSPS) is 18.5. The van der Waals surface area contributed by atoms with E-state index in [1.165, 1.54) is 6.92 Å². The Morgan fingerprint density at radius 3 is 2.43 bits per heavy atom. The molecule has 7 nitrogen and oxygen atoms in total. The molecule has 3 N–H and O–H groups in total. The van der Waals surface area contributed by atoms with Crippen LogP contribution in [0.25, 0.3) is 0 Å². The summed E-state index contributed by atoms with van der Waals surface area (Å²) in [6.07, 6.45) is 0.209. The van der Waals surface area contributed by atoms with Gasteiger partial charge in [-0.3, -0.25) is 4.79 Å². The van der Waals surface area contributed by atoms with Crippen LogP contribution in [0.5, 0.6) is 0 Å². The van der Waals surface area contributed by atoms with Gasteiger partial charge in [0.05, 0.1) is 0 Å². The molecule has 0 unspecified atom stereocenters. The highest BCUT2D eigenvalue weighted by Crippen LogP contribution is 2.23. The first-order chi connectivity index (χ1) is 9.90. The van der Waals surface area contributed by atoms with Crippen LogP contribution in [0.15, 0.2) is 24.3 Å². The van der Waals surface area contributed by atoms with Crippen LogP contribution < -0.4 is 5.32 Å². The molecular weight excluding hydrogens is 276 g/mol. The topological polar surface area (TPSA) is 107 Å². The Balaban J connectivity index is 2.22. The van der Waals surface area contributed by atoms with Crippen LogP contribution in [-0.2, 0) is 22.6 Å². The maximum absolute atomic E-state index is 12.1. The summed E-state index contributed by atoms with van der Waals surface area (Å²) in [7, 11) is 0. The lowest BCUT2D eigenvalue weighted by atomic mass is 9.94. The fourth-order valence-corrected chi connectivity index (χ4v) is 2.29. The van der Waals surface area contributed by atoms with E-state index in [0.29, 0.717) is 0 Å². The summed E-state index contributed by atoms with van der Waals surface area (Å²) >= 11 is 0. The maximum atomic E-state index is 12.1. The van der Waals surface area contributed by atoms with Gasteiger partial charge >= 0.3 is 18.0 Å². The number of rotatable bonds is 3. The van der Waals surface area contributed by atoms with Crippen LogP contribution in [0, 0.1) is 0 Å². The lowest BCUT2D eigenvalue weighted by Crippen LogP contribution is -2.54. The predicted molar refractivity (Wildman–Crippen MR) is 72.7 cm³/mol. The smallest absolute Gasteiger partial charge is 0.326 e. The van der Waals surface area contributed by atoms with Crippen molar-refractivity contribution in [2.75, 3.05) is 0 Å². The van der Waals surface area contributed by atoms with Gasteiger partial charge in [-0.05, 0) is 18.1 Å². The molecule has 0 saturated carbocycles. The highest BCUT2D eigenvalue weighted by molar-refractivity contribution is 5.86. The van der Waals surface area contributed by atoms with Crippen molar-refractivity contribution in [3.63, 3.8) is 0 Å². The van der Waals surface area contributed by atoms with Gasteiger partial charge in [-0.2, -0.15) is 0 Å². The van der Waals surface area contributed by atoms with Crippen molar-refractivity contribution in [2.45, 2.75) is 32.0 Å². The number of amides is 2. The Morgan fingerprint density at radius 2 is 1.86 bits per heavy atom. The zero-order chi connectivity index (χ0) is 15.6. The molecule has 0 aromatic heterocycles. The third kappa shape index (κ3) is 3.13. The van der Waals surface area contributed by atoms with E-state index in [-0.39, 0.29) is 13.0 Å². The summed E-state index contributed by atoms with van der Waals surface area (Å²) in [6, 6.07) is 4.53. The van der Waals surface area contributed by atoms with Gasteiger partial charge in [0.1, 0.15) is 12.1 Å². The number of hydrogen-bond acceptors (Lipinski definition) is 3. The molecule has 0 bridgehead atoms. The highest BCUT2D eigenvalue weighted by Gasteiger charge is 2.35. The number of hydrogen-bond donors (Lipinski definition) is 3. The number of urea groups is 1. The average molecular weight is 292 g/mol. The Morgan fingerprint density at radius 1 is 1.24 bits per heavy atom. The molecule has 21 heavy (non-hydrogen) atoms. The fraction of sp³-hybridized carbons (Fsp3) is 0.357. The maximum Gasteiger partial charge on any atom is 0.326 e. The van der Waals surface area contributed by atoms with Crippen molar-refractivity contribution in [1.82, 2.24) is 10.2 Å². The van der Waals surface area contributed by atoms with E-state index < -0.39 is 30.1 Å². The molecule has 0 saturated heterocycles. The van der Waals surface area contributed by atoms with Gasteiger partial charge in [0.25, 0.3) is 0 Å². The molecule has 7 heteroatoms. The van der Waals surface area contributed by atoms with Gasteiger partial charge in [0.2, 0.25) is 0 Å². The highest BCUT2D eigenvalue weighted by atomic mass is 16.4. The minimum Gasteiger partial charge on any atom is -0.480 e. The van der Waals surface area contributed by atoms with Crippen LogP contribution in [0.2, 0.25) is 0 Å². The molecule has 1 aliphatic heterocycles. The Kier molecular flexibility index (Phi) is 4.11. The predicted octanol–water partition coefficient (Wildman–Crippen LogP) is 0.681. The number of carbonyl (C=O) groups is 3. The van der Waals surface area contributed by atoms with Crippen molar-refractivity contribution in [3.8, 4) is 0 Å². The molecule has 112 valence electrons. The zero-order valence-electron chi connectivity index (χ0n) is 11.4. The first-order valence-electron chi connectivity index (χ1n) is 6.49. The third-order valence-corrected chi connectivity index (χ3v) is 3.50. The largest absolute Gasteiger partial charge is 0.480 e. The molecule has 0 radical (unpaired) electrons. The summed E-state index contributed by atoms with van der Waals surface area (Å²) in [4.78, 5) is 35.4. The summed E-state index contributed by atoms with van der Waals surface area (Å²) in [6.45, 7) is 1.47. The molecule has 0 fully saturated rings. The minimum absolute atomic E-state index is 0.144. The van der Waals surface area contributed by atoms with E-state index in [9.17, 15) is 19.5 Å². The molecule has 2 rings (SSSR count). The molecule has 1 aromatic rings. The first-order valence-corrected chi connectivity index (χ1v) is 6.49. The van der Waals surface area contributed by atoms with Gasteiger partial charge in [-0.25, -0.2) is 9.59 Å². The van der Waals surface area contributed by atoms with Gasteiger partial charge < -0.3 is 20.4 Å². The van der Waals surface area contributed by atoms with Gasteiger partial charge in [-0.15, -0.1) is 0 Å². The number of fused-ring (bicyclic) bond motifs is 1. The standard InChI is InChI=1S/C14H16N2O5/c1-8(12(17)18)15-14(21)16-7-10-5-3-2-4-9(10)6-11(16)13(19)20/h2-5,8,11H,6-7H2,1H3,(H,15,21)(H,17,18)(H,19,20)/t8-,11-/m1/s1. The summed E-state index contributed by atoms with van der Waals surface area (Å²) in [5.74, 6) is -2.28. The number of aliphatic carboxylic acids is 2. The lowest BCUT2D eigenvalue weighted by molar-refractivity contribution is -0.142. The van der Waals surface area contributed by atoms with Crippen LogP contribution in [0.4, 0.5) is 4.79 Å². The molecule has 1 heterocycles. The molecule has 2 atom stereocenters. The van der Waals surface area contributed by atoms with Crippen LogP contribution in [0.3, 0.4) is 0 Å². The molecule has 1 aromatic carbocycles. The van der Waals surface area contributed by atoms with Crippen molar-refractivity contribution in [3.05, 3.63) is 35.4 Å². The average Bonchev–Trinajstić information content (AvgIpc) is 2.45. The molecule has 2 amide bonds. The third-order valence-electron chi connectivity index (χ3n) is 3.50. The molecule has 1 aliphatic rings. The van der Waals surface area contributed by atoms with Crippen LogP contribution in [0.1, 0.15) is 18.1 Å². The van der Waals surface area contributed by atoms with Crippen LogP contribution in [-0.4, -0.2) is 45.2 Å². The minimum atomic E-state index is -1.17.